The molecule has 1 aromatic rings. The van der Waals surface area contributed by atoms with Crippen LogP contribution in [0.5, 0.6) is 0 Å². The quantitative estimate of drug-likeness (QED) is 0.846. The van der Waals surface area contributed by atoms with E-state index in [4.69, 9.17) is 9.47 Å². The smallest absolute Gasteiger partial charge is 0.408 e. The van der Waals surface area contributed by atoms with Crippen LogP contribution in [0.15, 0.2) is 42.5 Å². The second kappa shape index (κ2) is 6.76. The number of benzene rings is 1. The lowest BCUT2D eigenvalue weighted by Crippen LogP contribution is -2.46. The van der Waals surface area contributed by atoms with E-state index in [2.05, 4.69) is 5.32 Å². The summed E-state index contributed by atoms with van der Waals surface area (Å²) in [7, 11) is 0. The number of alkyl carbamates (subject to hydrolysis) is 1. The van der Waals surface area contributed by atoms with Crippen LogP contribution in [0, 0.1) is 5.92 Å². The molecule has 1 aliphatic carbocycles. The zero-order chi connectivity index (χ0) is 15.3. The molecule has 2 atom stereocenters. The molecule has 4 nitrogen and oxygen atoms in total. The maximum atomic E-state index is 11.7. The van der Waals surface area contributed by atoms with Crippen molar-refractivity contribution in [2.24, 2.45) is 5.92 Å². The second-order valence-electron chi connectivity index (χ2n) is 6.22. The molecule has 4 heteroatoms. The Bertz CT molecular complexity index is 491. The third kappa shape index (κ3) is 5.23. The van der Waals surface area contributed by atoms with Crippen molar-refractivity contribution in [2.45, 2.75) is 39.0 Å². The van der Waals surface area contributed by atoms with Crippen LogP contribution < -0.4 is 5.32 Å². The predicted molar refractivity (Wildman–Crippen MR) is 81.9 cm³/mol. The summed E-state index contributed by atoms with van der Waals surface area (Å²) in [6.45, 7) is 6.73. The van der Waals surface area contributed by atoms with Gasteiger partial charge in [-0.25, -0.2) is 4.79 Å². The van der Waals surface area contributed by atoms with Gasteiger partial charge in [0.25, 0.3) is 0 Å². The summed E-state index contributed by atoms with van der Waals surface area (Å²) in [6.07, 6.45) is 3.62. The number of nitrogens with one attached hydrogen (secondary N) is 1. The van der Waals surface area contributed by atoms with Crippen LogP contribution in [-0.4, -0.2) is 24.3 Å². The van der Waals surface area contributed by atoms with Gasteiger partial charge in [0.2, 0.25) is 0 Å². The number of ether oxygens (including phenoxy) is 2. The average molecular weight is 289 g/mol. The highest BCUT2D eigenvalue weighted by Gasteiger charge is 2.27. The lowest BCUT2D eigenvalue weighted by atomic mass is 9.90. The zero-order valence-electron chi connectivity index (χ0n) is 12.8. The van der Waals surface area contributed by atoms with Gasteiger partial charge in [0.15, 0.2) is 0 Å². The fraction of sp³-hybridized carbons (Fsp3) is 0.471. The normalized spacial score (nSPS) is 20.7. The Labute approximate surface area is 126 Å². The van der Waals surface area contributed by atoms with E-state index >= 15 is 0 Å². The molecular weight excluding hydrogens is 266 g/mol. The van der Waals surface area contributed by atoms with Crippen LogP contribution in [-0.2, 0) is 16.1 Å². The van der Waals surface area contributed by atoms with Crippen molar-refractivity contribution in [3.63, 3.8) is 0 Å². The summed E-state index contributed by atoms with van der Waals surface area (Å²) in [5, 5.41) is 2.84. The van der Waals surface area contributed by atoms with Gasteiger partial charge in [-0.2, -0.15) is 0 Å². The van der Waals surface area contributed by atoms with Crippen LogP contribution in [0.2, 0.25) is 0 Å². The van der Waals surface area contributed by atoms with E-state index < -0.39 is 5.60 Å². The summed E-state index contributed by atoms with van der Waals surface area (Å²) in [6, 6.07) is 10.0. The number of hydrogen-bond acceptors (Lipinski definition) is 3. The molecule has 0 aliphatic heterocycles. The molecule has 1 aromatic carbocycles. The standard InChI is InChI=1S/C17H23NO3/c1-17(2,3)21-16(19)18-15-10-9-14(15)12-20-11-13-7-5-4-6-8-13/h4-10,14-15H,11-12H2,1-3H3,(H,18,19)/t14-,15-/m0/s1. The SMILES string of the molecule is CC(C)(C)OC(=O)N[C@H]1C=C[C@H]1COCc1ccccc1. The van der Waals surface area contributed by atoms with Gasteiger partial charge >= 0.3 is 6.09 Å². The topological polar surface area (TPSA) is 47.6 Å². The van der Waals surface area contributed by atoms with Crippen LogP contribution >= 0.6 is 0 Å². The Hall–Kier alpha value is -1.81. The van der Waals surface area contributed by atoms with Gasteiger partial charge in [0.1, 0.15) is 5.60 Å². The molecule has 0 unspecified atom stereocenters. The Kier molecular flexibility index (Phi) is 5.02. The van der Waals surface area contributed by atoms with Gasteiger partial charge in [0.05, 0.1) is 19.3 Å². The van der Waals surface area contributed by atoms with Crippen molar-refractivity contribution in [2.75, 3.05) is 6.61 Å². The summed E-state index contributed by atoms with van der Waals surface area (Å²) < 4.78 is 10.9. The minimum absolute atomic E-state index is 0.00405. The van der Waals surface area contributed by atoms with Gasteiger partial charge < -0.3 is 14.8 Å². The minimum Gasteiger partial charge on any atom is -0.444 e. The van der Waals surface area contributed by atoms with Crippen molar-refractivity contribution < 1.29 is 14.3 Å². The summed E-state index contributed by atoms with van der Waals surface area (Å²) >= 11 is 0. The fourth-order valence-electron chi connectivity index (χ4n) is 2.02. The Morgan fingerprint density at radius 3 is 2.48 bits per heavy atom. The second-order valence-corrected chi connectivity index (χ2v) is 6.22. The van der Waals surface area contributed by atoms with Crippen molar-refractivity contribution in [3.8, 4) is 0 Å². The monoisotopic (exact) mass is 289 g/mol. The van der Waals surface area contributed by atoms with Crippen LogP contribution in [0.1, 0.15) is 26.3 Å². The number of rotatable bonds is 5. The lowest BCUT2D eigenvalue weighted by Gasteiger charge is -2.31. The predicted octanol–water partition coefficient (Wildman–Crippen LogP) is 3.28. The maximum absolute atomic E-state index is 11.7. The Morgan fingerprint density at radius 2 is 1.90 bits per heavy atom. The average Bonchev–Trinajstić information content (AvgIpc) is 2.39. The van der Waals surface area contributed by atoms with E-state index in [1.807, 2.05) is 63.3 Å². The minimum atomic E-state index is -0.475. The first kappa shape index (κ1) is 15.6. The number of hydrogen-bond donors (Lipinski definition) is 1. The maximum Gasteiger partial charge on any atom is 0.408 e. The highest BCUT2D eigenvalue weighted by molar-refractivity contribution is 5.68. The molecular formula is C17H23NO3. The van der Waals surface area contributed by atoms with Crippen molar-refractivity contribution in [1.82, 2.24) is 5.32 Å². The van der Waals surface area contributed by atoms with Gasteiger partial charge in [-0.1, -0.05) is 42.5 Å². The fourth-order valence-corrected chi connectivity index (χ4v) is 2.02. The summed E-state index contributed by atoms with van der Waals surface area (Å²) in [5.74, 6) is 0.209. The molecule has 1 amide bonds. The van der Waals surface area contributed by atoms with E-state index in [9.17, 15) is 4.79 Å². The molecule has 0 fully saturated rings. The van der Waals surface area contributed by atoms with E-state index in [-0.39, 0.29) is 18.1 Å². The number of carbonyl (C=O) groups excluding carboxylic acids is 1. The largest absolute Gasteiger partial charge is 0.444 e. The Balaban J connectivity index is 1.69. The molecule has 114 valence electrons. The molecule has 2 rings (SSSR count). The van der Waals surface area contributed by atoms with Crippen LogP contribution in [0.25, 0.3) is 0 Å². The molecule has 1 N–H and O–H groups in total. The van der Waals surface area contributed by atoms with Crippen LogP contribution in [0.3, 0.4) is 0 Å². The highest BCUT2D eigenvalue weighted by atomic mass is 16.6. The highest BCUT2D eigenvalue weighted by Crippen LogP contribution is 2.20. The van der Waals surface area contributed by atoms with E-state index in [1.165, 1.54) is 0 Å². The zero-order valence-corrected chi connectivity index (χ0v) is 12.8. The molecule has 0 aromatic heterocycles. The first-order valence-electron chi connectivity index (χ1n) is 7.23. The number of carbonyl (C=O) groups is 1. The molecule has 0 bridgehead atoms. The molecule has 0 heterocycles. The Morgan fingerprint density at radius 1 is 1.19 bits per heavy atom. The third-order valence-corrected chi connectivity index (χ3v) is 3.13. The van der Waals surface area contributed by atoms with Crippen LogP contribution in [0.4, 0.5) is 4.79 Å². The molecule has 1 aliphatic rings. The van der Waals surface area contributed by atoms with Crippen molar-refractivity contribution in [1.29, 1.82) is 0 Å². The van der Waals surface area contributed by atoms with E-state index in [0.717, 1.165) is 5.56 Å². The van der Waals surface area contributed by atoms with Gasteiger partial charge in [0, 0.05) is 5.92 Å². The van der Waals surface area contributed by atoms with Crippen molar-refractivity contribution >= 4 is 6.09 Å². The molecule has 21 heavy (non-hydrogen) atoms. The van der Waals surface area contributed by atoms with E-state index in [0.29, 0.717) is 13.2 Å². The number of amides is 1. The molecule has 0 radical (unpaired) electrons. The molecule has 0 spiro atoms. The molecule has 0 saturated heterocycles. The third-order valence-electron chi connectivity index (χ3n) is 3.13. The van der Waals surface area contributed by atoms with Gasteiger partial charge in [-0.05, 0) is 26.3 Å². The van der Waals surface area contributed by atoms with Gasteiger partial charge in [-0.3, -0.25) is 0 Å². The first-order chi connectivity index (χ1) is 9.94. The van der Waals surface area contributed by atoms with Gasteiger partial charge in [-0.15, -0.1) is 0 Å². The first-order valence-corrected chi connectivity index (χ1v) is 7.23. The van der Waals surface area contributed by atoms with E-state index in [1.54, 1.807) is 0 Å². The molecule has 0 saturated carbocycles. The van der Waals surface area contributed by atoms with Crippen molar-refractivity contribution in [3.05, 3.63) is 48.0 Å². The summed E-state index contributed by atoms with van der Waals surface area (Å²) in [4.78, 5) is 11.7. The summed E-state index contributed by atoms with van der Waals surface area (Å²) in [5.41, 5.74) is 0.675. The lowest BCUT2D eigenvalue weighted by molar-refractivity contribution is 0.0456.